The molecule has 3 aliphatic heterocycles. The van der Waals surface area contributed by atoms with Crippen LogP contribution >= 0.6 is 0 Å². The zero-order valence-electron chi connectivity index (χ0n) is 20.9. The van der Waals surface area contributed by atoms with Crippen LogP contribution in [0.4, 0.5) is 17.5 Å². The Labute approximate surface area is 206 Å². The van der Waals surface area contributed by atoms with Crippen molar-refractivity contribution in [2.75, 3.05) is 73.7 Å². The molecule has 1 aromatic carbocycles. The van der Waals surface area contributed by atoms with Crippen molar-refractivity contribution in [1.82, 2.24) is 14.9 Å². The second kappa shape index (κ2) is 9.81. The lowest BCUT2D eigenvalue weighted by molar-refractivity contribution is -0.136. The van der Waals surface area contributed by atoms with Crippen LogP contribution in [0.1, 0.15) is 23.2 Å². The molecule has 9 nitrogen and oxygen atoms in total. The second-order valence-corrected chi connectivity index (χ2v) is 9.75. The van der Waals surface area contributed by atoms with Crippen LogP contribution in [0.25, 0.3) is 0 Å². The molecule has 3 saturated heterocycles. The lowest BCUT2D eigenvalue weighted by Gasteiger charge is -2.37. The highest BCUT2D eigenvalue weighted by Gasteiger charge is 2.38. The van der Waals surface area contributed by atoms with Gasteiger partial charge in [0.15, 0.2) is 0 Å². The fourth-order valence-corrected chi connectivity index (χ4v) is 5.03. The molecule has 0 bridgehead atoms. The van der Waals surface area contributed by atoms with Crippen LogP contribution in [0.2, 0.25) is 0 Å². The molecule has 3 aliphatic rings. The number of piperazine rings is 1. The third-order valence-corrected chi connectivity index (χ3v) is 7.31. The highest BCUT2D eigenvalue weighted by Crippen LogP contribution is 2.28. The maximum absolute atomic E-state index is 13.3. The summed E-state index contributed by atoms with van der Waals surface area (Å²) >= 11 is 0. The van der Waals surface area contributed by atoms with Gasteiger partial charge in [-0.25, -0.2) is 4.98 Å². The quantitative estimate of drug-likeness (QED) is 0.664. The Morgan fingerprint density at radius 1 is 0.914 bits per heavy atom. The van der Waals surface area contributed by atoms with Gasteiger partial charge in [-0.2, -0.15) is 4.98 Å². The van der Waals surface area contributed by atoms with E-state index in [4.69, 9.17) is 9.72 Å². The molecule has 2 amide bonds. The average molecular weight is 479 g/mol. The molecule has 0 saturated carbocycles. The number of hydrogen-bond donors (Lipinski definition) is 0. The van der Waals surface area contributed by atoms with E-state index < -0.39 is 0 Å². The average Bonchev–Trinajstić information content (AvgIpc) is 3.27. The molecule has 0 radical (unpaired) electrons. The summed E-state index contributed by atoms with van der Waals surface area (Å²) < 4.78 is 5.45. The summed E-state index contributed by atoms with van der Waals surface area (Å²) in [6.45, 7) is 12.2. The number of hydrogen-bond acceptors (Lipinski definition) is 7. The summed E-state index contributed by atoms with van der Waals surface area (Å²) in [6, 6.07) is 8.05. The number of aromatic nitrogens is 2. The highest BCUT2D eigenvalue weighted by atomic mass is 16.5. The van der Waals surface area contributed by atoms with Crippen LogP contribution in [0.5, 0.6) is 0 Å². The van der Waals surface area contributed by atoms with Crippen molar-refractivity contribution in [3.05, 3.63) is 41.1 Å². The molecule has 9 heteroatoms. The number of nitrogens with zero attached hydrogens (tertiary/aromatic N) is 6. The van der Waals surface area contributed by atoms with Gasteiger partial charge in [0.2, 0.25) is 17.8 Å². The molecule has 1 aromatic heterocycles. The monoisotopic (exact) mass is 478 g/mol. The molecule has 35 heavy (non-hydrogen) atoms. The van der Waals surface area contributed by atoms with Gasteiger partial charge in [0.25, 0.3) is 0 Å². The van der Waals surface area contributed by atoms with Crippen LogP contribution in [0, 0.1) is 26.7 Å². The van der Waals surface area contributed by atoms with Gasteiger partial charge < -0.3 is 24.3 Å². The molecule has 186 valence electrons. The van der Waals surface area contributed by atoms with E-state index in [9.17, 15) is 9.59 Å². The van der Waals surface area contributed by atoms with E-state index in [0.717, 1.165) is 41.8 Å². The number of aryl methyl sites for hydroxylation is 3. The second-order valence-electron chi connectivity index (χ2n) is 9.75. The smallest absolute Gasteiger partial charge is 0.228 e. The summed E-state index contributed by atoms with van der Waals surface area (Å²) in [5, 5.41) is 0. The maximum Gasteiger partial charge on any atom is 0.228 e. The number of morpholine rings is 1. The molecular formula is C26H34N6O3. The third-order valence-electron chi connectivity index (χ3n) is 7.31. The molecule has 2 aromatic rings. The maximum atomic E-state index is 13.3. The molecule has 0 aliphatic carbocycles. The molecule has 0 N–H and O–H groups in total. The molecule has 5 rings (SSSR count). The largest absolute Gasteiger partial charge is 0.378 e. The Morgan fingerprint density at radius 2 is 1.66 bits per heavy atom. The van der Waals surface area contributed by atoms with Gasteiger partial charge in [-0.05, 0) is 44.0 Å². The summed E-state index contributed by atoms with van der Waals surface area (Å²) in [5.41, 5.74) is 4.17. The van der Waals surface area contributed by atoms with Crippen molar-refractivity contribution in [2.45, 2.75) is 27.2 Å². The van der Waals surface area contributed by atoms with E-state index in [1.807, 2.05) is 43.0 Å². The van der Waals surface area contributed by atoms with E-state index >= 15 is 0 Å². The number of anilines is 3. The van der Waals surface area contributed by atoms with Crippen molar-refractivity contribution < 1.29 is 14.3 Å². The fraction of sp³-hybridized carbons (Fsp3) is 0.538. The van der Waals surface area contributed by atoms with Crippen LogP contribution in [-0.2, 0) is 14.3 Å². The van der Waals surface area contributed by atoms with Crippen LogP contribution < -0.4 is 14.7 Å². The number of benzene rings is 1. The standard InChI is InChI=1S/C26H34N6O3/c1-18-4-5-22(14-19(18)2)32-17-21(16-24(32)33)25(34)30-8-6-29(7-9-30)23-15-20(3)27-26(28-23)31-10-12-35-13-11-31/h4-5,14-15,21H,6-13,16-17H2,1-3H3. The SMILES string of the molecule is Cc1cc(N2CCN(C(=O)C3CC(=O)N(c4ccc(C)c(C)c4)C3)CC2)nc(N2CCOCC2)n1. The molecule has 0 spiro atoms. The van der Waals surface area contributed by atoms with E-state index in [1.165, 1.54) is 5.56 Å². The first kappa shape index (κ1) is 23.5. The van der Waals surface area contributed by atoms with E-state index in [-0.39, 0.29) is 24.2 Å². The summed E-state index contributed by atoms with van der Waals surface area (Å²) in [7, 11) is 0. The van der Waals surface area contributed by atoms with Gasteiger partial charge in [0.1, 0.15) is 5.82 Å². The van der Waals surface area contributed by atoms with Gasteiger partial charge in [0, 0.05) is 69.7 Å². The Kier molecular flexibility index (Phi) is 6.60. The summed E-state index contributed by atoms with van der Waals surface area (Å²) in [6.07, 6.45) is 0.278. The number of amides is 2. The number of carbonyl (C=O) groups excluding carboxylic acids is 2. The van der Waals surface area contributed by atoms with Crippen molar-refractivity contribution in [3.8, 4) is 0 Å². The zero-order valence-corrected chi connectivity index (χ0v) is 20.9. The fourth-order valence-electron chi connectivity index (χ4n) is 5.03. The Bertz CT molecular complexity index is 1110. The van der Waals surface area contributed by atoms with E-state index in [2.05, 4.69) is 21.7 Å². The highest BCUT2D eigenvalue weighted by molar-refractivity contribution is 6.00. The van der Waals surface area contributed by atoms with E-state index in [0.29, 0.717) is 45.9 Å². The topological polar surface area (TPSA) is 82.1 Å². The van der Waals surface area contributed by atoms with Gasteiger partial charge in [-0.1, -0.05) is 6.07 Å². The minimum Gasteiger partial charge on any atom is -0.378 e. The van der Waals surface area contributed by atoms with E-state index in [1.54, 1.807) is 4.90 Å². The Morgan fingerprint density at radius 3 is 2.37 bits per heavy atom. The first-order valence-electron chi connectivity index (χ1n) is 12.5. The van der Waals surface area contributed by atoms with Gasteiger partial charge in [0.05, 0.1) is 19.1 Å². The number of rotatable bonds is 4. The van der Waals surface area contributed by atoms with Crippen LogP contribution in [0.3, 0.4) is 0 Å². The minimum atomic E-state index is -0.287. The zero-order chi connectivity index (χ0) is 24.5. The first-order chi connectivity index (χ1) is 16.9. The molecular weight excluding hydrogens is 444 g/mol. The van der Waals surface area contributed by atoms with Gasteiger partial charge in [-0.3, -0.25) is 9.59 Å². The Hall–Kier alpha value is -3.20. The summed E-state index contributed by atoms with van der Waals surface area (Å²) in [4.78, 5) is 43.5. The number of ether oxygens (including phenoxy) is 1. The van der Waals surface area contributed by atoms with Gasteiger partial charge >= 0.3 is 0 Å². The Balaban J connectivity index is 1.20. The summed E-state index contributed by atoms with van der Waals surface area (Å²) in [5.74, 6) is 1.47. The van der Waals surface area contributed by atoms with Crippen LogP contribution in [0.15, 0.2) is 24.3 Å². The normalized spacial score (nSPS) is 21.1. The lowest BCUT2D eigenvalue weighted by atomic mass is 10.1. The van der Waals surface area contributed by atoms with Crippen molar-refractivity contribution >= 4 is 29.3 Å². The predicted octanol–water partition coefficient (Wildman–Crippen LogP) is 1.94. The van der Waals surface area contributed by atoms with Gasteiger partial charge in [-0.15, -0.1) is 0 Å². The molecule has 3 fully saturated rings. The molecule has 1 unspecified atom stereocenters. The lowest BCUT2D eigenvalue weighted by Crippen LogP contribution is -2.51. The van der Waals surface area contributed by atoms with Crippen molar-refractivity contribution in [2.24, 2.45) is 5.92 Å². The number of carbonyl (C=O) groups is 2. The first-order valence-corrected chi connectivity index (χ1v) is 12.5. The predicted molar refractivity (Wildman–Crippen MR) is 135 cm³/mol. The molecule has 1 atom stereocenters. The van der Waals surface area contributed by atoms with Crippen LogP contribution in [-0.4, -0.2) is 85.7 Å². The molecule has 4 heterocycles. The van der Waals surface area contributed by atoms with Crippen molar-refractivity contribution in [3.63, 3.8) is 0 Å². The van der Waals surface area contributed by atoms with Crippen molar-refractivity contribution in [1.29, 1.82) is 0 Å². The minimum absolute atomic E-state index is 0.0253. The third kappa shape index (κ3) is 4.96.